The van der Waals surface area contributed by atoms with Crippen molar-refractivity contribution in [2.24, 2.45) is 5.92 Å². The van der Waals surface area contributed by atoms with Gasteiger partial charge in [-0.25, -0.2) is 4.98 Å². The van der Waals surface area contributed by atoms with Crippen molar-refractivity contribution >= 4 is 17.3 Å². The smallest absolute Gasteiger partial charge is 0.354 e. The number of carbonyl (C=O) groups is 1. The van der Waals surface area contributed by atoms with Gasteiger partial charge in [-0.3, -0.25) is 4.79 Å². The summed E-state index contributed by atoms with van der Waals surface area (Å²) in [6, 6.07) is 8.36. The summed E-state index contributed by atoms with van der Waals surface area (Å²) >= 11 is 0. The summed E-state index contributed by atoms with van der Waals surface area (Å²) in [6.45, 7) is 3.58. The second-order valence-corrected chi connectivity index (χ2v) is 6.58. The molecule has 0 spiro atoms. The molecule has 1 aliphatic heterocycles. The summed E-state index contributed by atoms with van der Waals surface area (Å²) in [6.07, 6.45) is -1.12. The molecule has 26 heavy (non-hydrogen) atoms. The zero-order valence-electron chi connectivity index (χ0n) is 14.4. The van der Waals surface area contributed by atoms with Crippen molar-refractivity contribution in [2.45, 2.75) is 25.9 Å². The van der Waals surface area contributed by atoms with E-state index in [1.54, 1.807) is 17.0 Å². The van der Waals surface area contributed by atoms with E-state index in [4.69, 9.17) is 0 Å². The zero-order chi connectivity index (χ0) is 18.7. The third kappa shape index (κ3) is 4.15. The van der Waals surface area contributed by atoms with Gasteiger partial charge in [0.2, 0.25) is 0 Å². The number of aromatic nitrogens is 1. The summed E-state index contributed by atoms with van der Waals surface area (Å²) < 4.78 is 39.1. The van der Waals surface area contributed by atoms with Gasteiger partial charge in [0.05, 0.1) is 23.1 Å². The minimum atomic E-state index is -4.45. The molecule has 0 unspecified atom stereocenters. The van der Waals surface area contributed by atoms with Crippen LogP contribution >= 0.6 is 0 Å². The van der Waals surface area contributed by atoms with Gasteiger partial charge in [-0.05, 0) is 43.0 Å². The Morgan fingerprint density at radius 1 is 1.15 bits per heavy atom. The van der Waals surface area contributed by atoms with Crippen molar-refractivity contribution in [3.05, 3.63) is 53.9 Å². The minimum absolute atomic E-state index is 0.0501. The fraction of sp³-hybridized carbons (Fsp3) is 0.368. The number of pyridine rings is 1. The van der Waals surface area contributed by atoms with E-state index in [1.807, 2.05) is 0 Å². The highest BCUT2D eigenvalue weighted by atomic mass is 19.4. The first-order valence-electron chi connectivity index (χ1n) is 8.53. The number of nitrogens with one attached hydrogen (secondary N) is 1. The average Bonchev–Trinajstić information content (AvgIpc) is 2.62. The van der Waals surface area contributed by atoms with Crippen molar-refractivity contribution in [1.82, 2.24) is 9.88 Å². The van der Waals surface area contributed by atoms with Crippen LogP contribution in [0.5, 0.6) is 0 Å². The van der Waals surface area contributed by atoms with Crippen molar-refractivity contribution in [3.63, 3.8) is 0 Å². The zero-order valence-corrected chi connectivity index (χ0v) is 14.4. The van der Waals surface area contributed by atoms with Crippen LogP contribution in [0, 0.1) is 5.92 Å². The van der Waals surface area contributed by atoms with Crippen LogP contribution in [0.25, 0.3) is 0 Å². The third-order valence-corrected chi connectivity index (χ3v) is 4.56. The number of alkyl halides is 3. The van der Waals surface area contributed by atoms with Gasteiger partial charge in [0.15, 0.2) is 0 Å². The Morgan fingerprint density at radius 3 is 2.46 bits per heavy atom. The molecule has 1 amide bonds. The second kappa shape index (κ2) is 7.35. The van der Waals surface area contributed by atoms with E-state index in [-0.39, 0.29) is 11.6 Å². The lowest BCUT2D eigenvalue weighted by Gasteiger charge is -2.30. The van der Waals surface area contributed by atoms with Crippen LogP contribution in [0.3, 0.4) is 0 Å². The maximum atomic E-state index is 13.0. The number of anilines is 2. The van der Waals surface area contributed by atoms with E-state index in [9.17, 15) is 18.0 Å². The summed E-state index contributed by atoms with van der Waals surface area (Å²) in [4.78, 5) is 18.4. The first-order chi connectivity index (χ1) is 12.3. The van der Waals surface area contributed by atoms with Crippen LogP contribution in [0.4, 0.5) is 24.5 Å². The Balaban J connectivity index is 1.72. The Hall–Kier alpha value is -2.57. The van der Waals surface area contributed by atoms with E-state index in [1.165, 1.54) is 24.4 Å². The van der Waals surface area contributed by atoms with Gasteiger partial charge in [0.1, 0.15) is 5.69 Å². The summed E-state index contributed by atoms with van der Waals surface area (Å²) in [5.74, 6) is 0.478. The molecule has 0 atom stereocenters. The Kier molecular flexibility index (Phi) is 5.15. The largest absolute Gasteiger partial charge is 0.418 e. The van der Waals surface area contributed by atoms with Crippen LogP contribution in [0.15, 0.2) is 42.6 Å². The maximum absolute atomic E-state index is 13.0. The Bertz CT molecular complexity index is 766. The van der Waals surface area contributed by atoms with E-state index in [2.05, 4.69) is 17.2 Å². The standard InChI is InChI=1S/C19H20F3N3O/c1-13-8-10-25(11-9-13)18(26)17-7-6-14(12-23-17)24-16-5-3-2-4-15(16)19(20,21)22/h2-7,12-13,24H,8-11H2,1H3. The summed E-state index contributed by atoms with van der Waals surface area (Å²) in [5, 5.41) is 2.72. The molecule has 138 valence electrons. The number of likely N-dealkylation sites (tertiary alicyclic amines) is 1. The third-order valence-electron chi connectivity index (χ3n) is 4.56. The van der Waals surface area contributed by atoms with Gasteiger partial charge in [-0.1, -0.05) is 19.1 Å². The number of carbonyl (C=O) groups excluding carboxylic acids is 1. The number of hydrogen-bond acceptors (Lipinski definition) is 3. The average molecular weight is 363 g/mol. The quantitative estimate of drug-likeness (QED) is 0.859. The lowest BCUT2D eigenvalue weighted by Crippen LogP contribution is -2.38. The van der Waals surface area contributed by atoms with Crippen molar-refractivity contribution < 1.29 is 18.0 Å². The molecular weight excluding hydrogens is 343 g/mol. The van der Waals surface area contributed by atoms with E-state index in [0.29, 0.717) is 30.4 Å². The fourth-order valence-electron chi connectivity index (χ4n) is 2.96. The molecule has 1 aromatic heterocycles. The number of hydrogen-bond donors (Lipinski definition) is 1. The molecule has 4 nitrogen and oxygen atoms in total. The normalized spacial score (nSPS) is 15.8. The molecule has 2 aromatic rings. The molecule has 0 saturated carbocycles. The highest BCUT2D eigenvalue weighted by Crippen LogP contribution is 2.35. The summed E-state index contributed by atoms with van der Waals surface area (Å²) in [7, 11) is 0. The molecule has 3 rings (SSSR count). The lowest BCUT2D eigenvalue weighted by molar-refractivity contribution is -0.136. The maximum Gasteiger partial charge on any atom is 0.418 e. The Labute approximate surface area is 150 Å². The molecule has 1 N–H and O–H groups in total. The van der Waals surface area contributed by atoms with Gasteiger partial charge in [-0.15, -0.1) is 0 Å². The predicted molar refractivity (Wildman–Crippen MR) is 93.3 cm³/mol. The van der Waals surface area contributed by atoms with E-state index in [0.717, 1.165) is 18.9 Å². The number of nitrogens with zero attached hydrogens (tertiary/aromatic N) is 2. The number of rotatable bonds is 3. The molecule has 1 aliphatic rings. The first kappa shape index (κ1) is 18.2. The molecule has 7 heteroatoms. The Morgan fingerprint density at radius 2 is 1.85 bits per heavy atom. The minimum Gasteiger partial charge on any atom is -0.354 e. The van der Waals surface area contributed by atoms with Crippen LogP contribution < -0.4 is 5.32 Å². The van der Waals surface area contributed by atoms with Gasteiger partial charge in [0, 0.05) is 13.1 Å². The number of para-hydroxylation sites is 1. The lowest BCUT2D eigenvalue weighted by atomic mass is 9.99. The van der Waals surface area contributed by atoms with Crippen LogP contribution in [-0.4, -0.2) is 28.9 Å². The van der Waals surface area contributed by atoms with Gasteiger partial charge in [0.25, 0.3) is 5.91 Å². The monoisotopic (exact) mass is 363 g/mol. The highest BCUT2D eigenvalue weighted by Gasteiger charge is 2.33. The molecule has 0 aliphatic carbocycles. The van der Waals surface area contributed by atoms with Gasteiger partial charge in [-0.2, -0.15) is 13.2 Å². The molecule has 0 radical (unpaired) electrons. The second-order valence-electron chi connectivity index (χ2n) is 6.58. The van der Waals surface area contributed by atoms with E-state index >= 15 is 0 Å². The summed E-state index contributed by atoms with van der Waals surface area (Å²) in [5.41, 5.74) is -0.104. The van der Waals surface area contributed by atoms with Gasteiger partial charge >= 0.3 is 6.18 Å². The number of amides is 1. The molecular formula is C19H20F3N3O. The molecule has 1 fully saturated rings. The molecule has 2 heterocycles. The SMILES string of the molecule is CC1CCN(C(=O)c2ccc(Nc3ccccc3C(F)(F)F)cn2)CC1. The topological polar surface area (TPSA) is 45.2 Å². The highest BCUT2D eigenvalue weighted by molar-refractivity contribution is 5.92. The predicted octanol–water partition coefficient (Wildman–Crippen LogP) is 4.72. The van der Waals surface area contributed by atoms with Crippen molar-refractivity contribution in [2.75, 3.05) is 18.4 Å². The van der Waals surface area contributed by atoms with Crippen molar-refractivity contribution in [1.29, 1.82) is 0 Å². The number of halogens is 3. The molecule has 1 saturated heterocycles. The molecule has 1 aromatic carbocycles. The van der Waals surface area contributed by atoms with Gasteiger partial charge < -0.3 is 10.2 Å². The van der Waals surface area contributed by atoms with Crippen LogP contribution in [0.2, 0.25) is 0 Å². The first-order valence-corrected chi connectivity index (χ1v) is 8.53. The van der Waals surface area contributed by atoms with Crippen molar-refractivity contribution in [3.8, 4) is 0 Å². The number of benzene rings is 1. The van der Waals surface area contributed by atoms with Crippen LogP contribution in [-0.2, 0) is 6.18 Å². The fourth-order valence-corrected chi connectivity index (χ4v) is 2.96. The molecule has 0 bridgehead atoms. The van der Waals surface area contributed by atoms with E-state index < -0.39 is 11.7 Å². The van der Waals surface area contributed by atoms with Crippen LogP contribution in [0.1, 0.15) is 35.8 Å². The number of piperidine rings is 1.